The van der Waals surface area contributed by atoms with E-state index in [1.807, 2.05) is 31.3 Å². The average Bonchev–Trinajstić information content (AvgIpc) is 2.86. The van der Waals surface area contributed by atoms with Gasteiger partial charge < -0.3 is 4.90 Å². The van der Waals surface area contributed by atoms with Crippen LogP contribution in [0, 0.1) is 0 Å². The molecule has 1 amide bonds. The zero-order valence-electron chi connectivity index (χ0n) is 11.1. The van der Waals surface area contributed by atoms with Crippen molar-refractivity contribution in [1.82, 2.24) is 4.90 Å². The largest absolute Gasteiger partial charge is 0.341 e. The molecule has 4 heteroatoms. The van der Waals surface area contributed by atoms with Crippen LogP contribution in [0.4, 0.5) is 0 Å². The summed E-state index contributed by atoms with van der Waals surface area (Å²) in [6.45, 7) is 0.796. The molecule has 1 heterocycles. The molecule has 19 heavy (non-hydrogen) atoms. The number of unbranched alkanes of at least 4 members (excludes halogenated alkanes) is 2. The van der Waals surface area contributed by atoms with Crippen molar-refractivity contribution >= 4 is 38.9 Å². The standard InChI is InChI=1S/C15H18ClNOS/c1-17(10-6-2-5-9-16)15(18)14-11-12-7-3-4-8-13(12)19-14/h3-4,7-8,11H,2,5-6,9-10H2,1H3. The highest BCUT2D eigenvalue weighted by Crippen LogP contribution is 2.26. The van der Waals surface area contributed by atoms with Gasteiger partial charge in [-0.1, -0.05) is 24.6 Å². The summed E-state index contributed by atoms with van der Waals surface area (Å²) in [6.07, 6.45) is 3.11. The molecule has 0 spiro atoms. The number of nitrogens with zero attached hydrogens (tertiary/aromatic N) is 1. The van der Waals surface area contributed by atoms with Crippen molar-refractivity contribution in [3.05, 3.63) is 35.2 Å². The predicted molar refractivity (Wildman–Crippen MR) is 83.4 cm³/mol. The zero-order valence-corrected chi connectivity index (χ0v) is 12.6. The second kappa shape index (κ2) is 6.92. The van der Waals surface area contributed by atoms with Crippen LogP contribution in [0.15, 0.2) is 30.3 Å². The van der Waals surface area contributed by atoms with E-state index in [0.717, 1.165) is 36.1 Å². The molecular formula is C15H18ClNOS. The van der Waals surface area contributed by atoms with Crippen LogP contribution in [0.3, 0.4) is 0 Å². The topological polar surface area (TPSA) is 20.3 Å². The number of thiophene rings is 1. The van der Waals surface area contributed by atoms with Crippen LogP contribution in [-0.2, 0) is 0 Å². The van der Waals surface area contributed by atoms with Gasteiger partial charge in [-0.3, -0.25) is 4.79 Å². The third-order valence-electron chi connectivity index (χ3n) is 3.11. The minimum Gasteiger partial charge on any atom is -0.341 e. The van der Waals surface area contributed by atoms with E-state index in [1.165, 1.54) is 4.70 Å². The molecule has 0 aliphatic heterocycles. The lowest BCUT2D eigenvalue weighted by atomic mass is 10.2. The highest BCUT2D eigenvalue weighted by molar-refractivity contribution is 7.20. The second-order valence-corrected chi connectivity index (χ2v) is 6.09. The fraction of sp³-hybridized carbons (Fsp3) is 0.400. The molecule has 1 aromatic carbocycles. The Bertz CT molecular complexity index is 519. The van der Waals surface area contributed by atoms with Gasteiger partial charge in [0.05, 0.1) is 4.88 Å². The number of halogens is 1. The number of amides is 1. The van der Waals surface area contributed by atoms with Crippen LogP contribution < -0.4 is 0 Å². The lowest BCUT2D eigenvalue weighted by Gasteiger charge is -2.15. The molecule has 0 aliphatic rings. The van der Waals surface area contributed by atoms with E-state index in [0.29, 0.717) is 5.88 Å². The SMILES string of the molecule is CN(CCCCCCl)C(=O)c1cc2ccccc2s1. The molecule has 2 nitrogen and oxygen atoms in total. The average molecular weight is 296 g/mol. The first-order valence-corrected chi connectivity index (χ1v) is 7.87. The van der Waals surface area contributed by atoms with E-state index in [4.69, 9.17) is 11.6 Å². The number of benzene rings is 1. The number of rotatable bonds is 6. The van der Waals surface area contributed by atoms with Crippen LogP contribution in [0.25, 0.3) is 10.1 Å². The van der Waals surface area contributed by atoms with Gasteiger partial charge >= 0.3 is 0 Å². The number of hydrogen-bond acceptors (Lipinski definition) is 2. The Labute approximate surface area is 123 Å². The van der Waals surface area contributed by atoms with Crippen molar-refractivity contribution in [3.8, 4) is 0 Å². The van der Waals surface area contributed by atoms with Crippen molar-refractivity contribution in [2.75, 3.05) is 19.5 Å². The Kier molecular flexibility index (Phi) is 5.23. The van der Waals surface area contributed by atoms with Crippen LogP contribution >= 0.6 is 22.9 Å². The molecule has 0 saturated carbocycles. The number of hydrogen-bond donors (Lipinski definition) is 0. The van der Waals surface area contributed by atoms with E-state index in [9.17, 15) is 4.79 Å². The van der Waals surface area contributed by atoms with Gasteiger partial charge in [0, 0.05) is 24.2 Å². The molecule has 0 unspecified atom stereocenters. The van der Waals surface area contributed by atoms with Crippen LogP contribution in [0.5, 0.6) is 0 Å². The molecule has 0 N–H and O–H groups in total. The number of fused-ring (bicyclic) bond motifs is 1. The minimum absolute atomic E-state index is 0.118. The normalized spacial score (nSPS) is 10.8. The van der Waals surface area contributed by atoms with E-state index >= 15 is 0 Å². The Hall–Kier alpha value is -1.06. The third kappa shape index (κ3) is 3.71. The Balaban J connectivity index is 1.98. The van der Waals surface area contributed by atoms with E-state index in [-0.39, 0.29) is 5.91 Å². The van der Waals surface area contributed by atoms with Crippen molar-refractivity contribution in [2.45, 2.75) is 19.3 Å². The van der Waals surface area contributed by atoms with Gasteiger partial charge in [0.2, 0.25) is 0 Å². The first-order valence-electron chi connectivity index (χ1n) is 6.52. The van der Waals surface area contributed by atoms with Crippen molar-refractivity contribution < 1.29 is 4.79 Å². The smallest absolute Gasteiger partial charge is 0.263 e. The monoisotopic (exact) mass is 295 g/mol. The summed E-state index contributed by atoms with van der Waals surface area (Å²) in [6, 6.07) is 10.1. The Morgan fingerprint density at radius 3 is 2.79 bits per heavy atom. The van der Waals surface area contributed by atoms with Crippen molar-refractivity contribution in [3.63, 3.8) is 0 Å². The van der Waals surface area contributed by atoms with Gasteiger partial charge in [-0.15, -0.1) is 22.9 Å². The molecule has 0 radical (unpaired) electrons. The van der Waals surface area contributed by atoms with Gasteiger partial charge in [-0.05, 0) is 30.4 Å². The van der Waals surface area contributed by atoms with E-state index < -0.39 is 0 Å². The molecule has 0 aliphatic carbocycles. The summed E-state index contributed by atoms with van der Waals surface area (Å²) < 4.78 is 1.17. The number of carbonyl (C=O) groups excluding carboxylic acids is 1. The highest BCUT2D eigenvalue weighted by Gasteiger charge is 2.14. The second-order valence-electron chi connectivity index (χ2n) is 4.62. The fourth-order valence-electron chi connectivity index (χ4n) is 2.00. The first-order chi connectivity index (χ1) is 9.22. The number of alkyl halides is 1. The van der Waals surface area contributed by atoms with E-state index in [2.05, 4.69) is 6.07 Å². The Morgan fingerprint density at radius 1 is 1.26 bits per heavy atom. The number of carbonyl (C=O) groups is 1. The van der Waals surface area contributed by atoms with Crippen LogP contribution in [0.1, 0.15) is 28.9 Å². The van der Waals surface area contributed by atoms with E-state index in [1.54, 1.807) is 16.2 Å². The lowest BCUT2D eigenvalue weighted by Crippen LogP contribution is -2.26. The molecule has 102 valence electrons. The molecular weight excluding hydrogens is 278 g/mol. The van der Waals surface area contributed by atoms with Gasteiger partial charge in [0.25, 0.3) is 5.91 Å². The fourth-order valence-corrected chi connectivity index (χ4v) is 3.24. The lowest BCUT2D eigenvalue weighted by molar-refractivity contribution is 0.0797. The van der Waals surface area contributed by atoms with Gasteiger partial charge in [-0.2, -0.15) is 0 Å². The molecule has 0 atom stereocenters. The minimum atomic E-state index is 0.118. The van der Waals surface area contributed by atoms with Crippen molar-refractivity contribution in [1.29, 1.82) is 0 Å². The Morgan fingerprint density at radius 2 is 2.05 bits per heavy atom. The summed E-state index contributed by atoms with van der Waals surface area (Å²) in [5.74, 6) is 0.820. The summed E-state index contributed by atoms with van der Waals surface area (Å²) in [7, 11) is 1.87. The van der Waals surface area contributed by atoms with Gasteiger partial charge in [0.1, 0.15) is 0 Å². The van der Waals surface area contributed by atoms with Crippen LogP contribution in [-0.4, -0.2) is 30.3 Å². The maximum absolute atomic E-state index is 12.3. The molecule has 2 rings (SSSR count). The maximum Gasteiger partial charge on any atom is 0.263 e. The molecule has 0 fully saturated rings. The molecule has 2 aromatic rings. The quantitative estimate of drug-likeness (QED) is 0.572. The molecule has 1 aromatic heterocycles. The molecule has 0 saturated heterocycles. The van der Waals surface area contributed by atoms with Crippen LogP contribution in [0.2, 0.25) is 0 Å². The van der Waals surface area contributed by atoms with Gasteiger partial charge in [-0.25, -0.2) is 0 Å². The summed E-state index contributed by atoms with van der Waals surface area (Å²) in [5.41, 5.74) is 0. The summed E-state index contributed by atoms with van der Waals surface area (Å²) >= 11 is 7.21. The third-order valence-corrected chi connectivity index (χ3v) is 4.48. The first kappa shape index (κ1) is 14.4. The predicted octanol–water partition coefficient (Wildman–Crippen LogP) is 4.38. The summed E-state index contributed by atoms with van der Waals surface area (Å²) in [4.78, 5) is 14.9. The zero-order chi connectivity index (χ0) is 13.7. The summed E-state index contributed by atoms with van der Waals surface area (Å²) in [5, 5.41) is 1.14. The van der Waals surface area contributed by atoms with Gasteiger partial charge in [0.15, 0.2) is 0 Å². The maximum atomic E-state index is 12.3. The molecule has 0 bridgehead atoms. The van der Waals surface area contributed by atoms with Crippen molar-refractivity contribution in [2.24, 2.45) is 0 Å². The highest BCUT2D eigenvalue weighted by atomic mass is 35.5.